The highest BCUT2D eigenvalue weighted by Crippen LogP contribution is 2.39. The zero-order chi connectivity index (χ0) is 27.4. The number of ether oxygens (including phenoxy) is 1. The molecule has 2 heterocycles. The van der Waals surface area contributed by atoms with Gasteiger partial charge in [0.25, 0.3) is 5.91 Å². The standard InChI is InChI=1S/C27H35ClN4O4S2/c1-5-30(6-2)17-18-32(27-29-24-23(36-4)12-11-22(28)25(24)37-27)26(33)20-7-9-21(10-8-20)38(34,35)31-15-13-19(3)14-16-31/h7-12,19H,5-6,13-18H2,1-4H3. The summed E-state index contributed by atoms with van der Waals surface area (Å²) in [5, 5.41) is 1.06. The predicted octanol–water partition coefficient (Wildman–Crippen LogP) is 5.37. The quantitative estimate of drug-likeness (QED) is 0.322. The average molecular weight is 579 g/mol. The molecule has 1 aliphatic rings. The SMILES string of the molecule is CCN(CC)CCN(C(=O)c1ccc(S(=O)(=O)N2CCC(C)CC2)cc1)c1nc2c(OC)ccc(Cl)c2s1. The molecule has 1 fully saturated rings. The van der Waals surface area contributed by atoms with Crippen molar-refractivity contribution in [2.75, 3.05) is 51.3 Å². The van der Waals surface area contributed by atoms with Crippen molar-refractivity contribution in [1.82, 2.24) is 14.2 Å². The lowest BCUT2D eigenvalue weighted by molar-refractivity contribution is 0.0983. The van der Waals surface area contributed by atoms with E-state index < -0.39 is 10.0 Å². The Morgan fingerprint density at radius 1 is 1.11 bits per heavy atom. The minimum absolute atomic E-state index is 0.204. The van der Waals surface area contributed by atoms with E-state index in [1.807, 2.05) is 0 Å². The summed E-state index contributed by atoms with van der Waals surface area (Å²) in [6.07, 6.45) is 1.71. The summed E-state index contributed by atoms with van der Waals surface area (Å²) >= 11 is 7.79. The third-order valence-corrected chi connectivity index (χ3v) is 10.6. The second-order valence-electron chi connectivity index (χ2n) is 9.52. The van der Waals surface area contributed by atoms with Gasteiger partial charge in [0, 0.05) is 31.7 Å². The van der Waals surface area contributed by atoms with Gasteiger partial charge in [0.15, 0.2) is 5.13 Å². The number of fused-ring (bicyclic) bond motifs is 1. The lowest BCUT2D eigenvalue weighted by Crippen LogP contribution is -2.39. The molecule has 3 aromatic rings. The lowest BCUT2D eigenvalue weighted by Gasteiger charge is -2.29. The van der Waals surface area contributed by atoms with Crippen LogP contribution in [0, 0.1) is 5.92 Å². The van der Waals surface area contributed by atoms with Gasteiger partial charge in [-0.2, -0.15) is 4.31 Å². The van der Waals surface area contributed by atoms with Crippen molar-refractivity contribution in [3.8, 4) is 5.75 Å². The van der Waals surface area contributed by atoms with E-state index >= 15 is 0 Å². The fourth-order valence-corrected chi connectivity index (χ4v) is 7.34. The van der Waals surface area contributed by atoms with Gasteiger partial charge < -0.3 is 9.64 Å². The largest absolute Gasteiger partial charge is 0.494 e. The number of likely N-dealkylation sites (N-methyl/N-ethyl adjacent to an activating group) is 1. The van der Waals surface area contributed by atoms with Crippen molar-refractivity contribution in [2.24, 2.45) is 5.92 Å². The topological polar surface area (TPSA) is 83.1 Å². The zero-order valence-corrected chi connectivity index (χ0v) is 24.7. The molecule has 1 saturated heterocycles. The minimum atomic E-state index is -3.60. The third-order valence-electron chi connectivity index (χ3n) is 7.16. The number of piperidine rings is 1. The van der Waals surface area contributed by atoms with Crippen molar-refractivity contribution < 1.29 is 17.9 Å². The monoisotopic (exact) mass is 578 g/mol. The number of carbonyl (C=O) groups is 1. The first-order chi connectivity index (χ1) is 18.2. The first kappa shape index (κ1) is 28.8. The highest BCUT2D eigenvalue weighted by atomic mass is 35.5. The number of thiazole rings is 1. The summed E-state index contributed by atoms with van der Waals surface area (Å²) in [6.45, 7) is 10.2. The molecule has 0 spiro atoms. The second kappa shape index (κ2) is 12.3. The molecular weight excluding hydrogens is 544 g/mol. The maximum atomic E-state index is 13.8. The van der Waals surface area contributed by atoms with Crippen LogP contribution in [0.2, 0.25) is 5.02 Å². The van der Waals surface area contributed by atoms with E-state index in [-0.39, 0.29) is 10.8 Å². The summed E-state index contributed by atoms with van der Waals surface area (Å²) in [5.74, 6) is 0.868. The number of amides is 1. The van der Waals surface area contributed by atoms with Crippen LogP contribution in [0.25, 0.3) is 10.2 Å². The third kappa shape index (κ3) is 5.99. The molecule has 206 valence electrons. The Kier molecular flexibility index (Phi) is 9.31. The molecule has 2 aromatic carbocycles. The van der Waals surface area contributed by atoms with Gasteiger partial charge in [0.05, 0.1) is 21.7 Å². The Morgan fingerprint density at radius 3 is 2.37 bits per heavy atom. The van der Waals surface area contributed by atoms with Crippen LogP contribution >= 0.6 is 22.9 Å². The predicted molar refractivity (Wildman–Crippen MR) is 154 cm³/mol. The number of rotatable bonds is 10. The fraction of sp³-hybridized carbons (Fsp3) is 0.481. The highest BCUT2D eigenvalue weighted by molar-refractivity contribution is 7.89. The van der Waals surface area contributed by atoms with Crippen LogP contribution in [0.4, 0.5) is 5.13 Å². The fourth-order valence-electron chi connectivity index (χ4n) is 4.59. The Morgan fingerprint density at radius 2 is 1.76 bits per heavy atom. The zero-order valence-electron chi connectivity index (χ0n) is 22.3. The van der Waals surface area contributed by atoms with Crippen LogP contribution in [0.3, 0.4) is 0 Å². The Bertz CT molecular complexity index is 1370. The number of hydrogen-bond acceptors (Lipinski definition) is 7. The molecule has 38 heavy (non-hydrogen) atoms. The molecule has 1 aliphatic heterocycles. The van der Waals surface area contributed by atoms with Crippen LogP contribution in [0.15, 0.2) is 41.3 Å². The molecule has 4 rings (SSSR count). The maximum absolute atomic E-state index is 13.8. The second-order valence-corrected chi connectivity index (χ2v) is 12.8. The van der Waals surface area contributed by atoms with E-state index in [0.29, 0.717) is 59.1 Å². The van der Waals surface area contributed by atoms with E-state index in [0.717, 1.165) is 30.6 Å². The van der Waals surface area contributed by atoms with Crippen molar-refractivity contribution in [2.45, 2.75) is 38.5 Å². The van der Waals surface area contributed by atoms with Gasteiger partial charge >= 0.3 is 0 Å². The summed E-state index contributed by atoms with van der Waals surface area (Å²) in [4.78, 5) is 22.6. The van der Waals surface area contributed by atoms with Gasteiger partial charge in [0.2, 0.25) is 10.0 Å². The van der Waals surface area contributed by atoms with Crippen LogP contribution in [-0.4, -0.2) is 74.9 Å². The molecule has 11 heteroatoms. The molecule has 8 nitrogen and oxygen atoms in total. The van der Waals surface area contributed by atoms with E-state index in [1.54, 1.807) is 40.6 Å². The number of methoxy groups -OCH3 is 1. The molecular formula is C27H35ClN4O4S2. The van der Waals surface area contributed by atoms with E-state index in [9.17, 15) is 13.2 Å². The first-order valence-corrected chi connectivity index (χ1v) is 15.6. The average Bonchev–Trinajstić information content (AvgIpc) is 3.37. The first-order valence-electron chi connectivity index (χ1n) is 13.0. The van der Waals surface area contributed by atoms with E-state index in [1.165, 1.54) is 23.5 Å². The van der Waals surface area contributed by atoms with Gasteiger partial charge in [-0.15, -0.1) is 0 Å². The molecule has 0 N–H and O–H groups in total. The smallest absolute Gasteiger partial charge is 0.260 e. The Hall–Kier alpha value is -2.24. The van der Waals surface area contributed by atoms with Crippen LogP contribution in [0.1, 0.15) is 44.0 Å². The summed E-state index contributed by atoms with van der Waals surface area (Å²) < 4.78 is 34.1. The van der Waals surface area contributed by atoms with E-state index in [4.69, 9.17) is 21.3 Å². The Labute approximate surface area is 234 Å². The summed E-state index contributed by atoms with van der Waals surface area (Å²) in [5.41, 5.74) is 1.01. The molecule has 1 amide bonds. The Balaban J connectivity index is 1.64. The van der Waals surface area contributed by atoms with Gasteiger partial charge in [0.1, 0.15) is 11.3 Å². The van der Waals surface area contributed by atoms with Gasteiger partial charge in [-0.05, 0) is 68.2 Å². The molecule has 0 bridgehead atoms. The van der Waals surface area contributed by atoms with Crippen LogP contribution in [-0.2, 0) is 10.0 Å². The number of halogens is 1. The molecule has 0 radical (unpaired) electrons. The van der Waals surface area contributed by atoms with Crippen LogP contribution in [0.5, 0.6) is 5.75 Å². The summed E-state index contributed by atoms with van der Waals surface area (Å²) in [6, 6.07) is 9.76. The van der Waals surface area contributed by atoms with Gasteiger partial charge in [-0.3, -0.25) is 9.69 Å². The number of aromatic nitrogens is 1. The number of benzene rings is 2. The van der Waals surface area contributed by atoms with Crippen LogP contribution < -0.4 is 9.64 Å². The van der Waals surface area contributed by atoms with Gasteiger partial charge in [-0.1, -0.05) is 43.7 Å². The number of anilines is 1. The molecule has 0 atom stereocenters. The number of sulfonamides is 1. The number of nitrogens with zero attached hydrogens (tertiary/aromatic N) is 4. The normalized spacial score (nSPS) is 15.3. The lowest BCUT2D eigenvalue weighted by atomic mass is 10.0. The summed E-state index contributed by atoms with van der Waals surface area (Å²) in [7, 11) is -2.02. The van der Waals surface area contributed by atoms with Crippen molar-refractivity contribution in [3.63, 3.8) is 0 Å². The molecule has 0 saturated carbocycles. The minimum Gasteiger partial charge on any atom is -0.494 e. The van der Waals surface area contributed by atoms with Crippen molar-refractivity contribution in [1.29, 1.82) is 0 Å². The highest BCUT2D eigenvalue weighted by Gasteiger charge is 2.29. The maximum Gasteiger partial charge on any atom is 0.260 e. The number of hydrogen-bond donors (Lipinski definition) is 0. The van der Waals surface area contributed by atoms with Crippen molar-refractivity contribution in [3.05, 3.63) is 47.0 Å². The molecule has 0 aliphatic carbocycles. The molecule has 1 aromatic heterocycles. The van der Waals surface area contributed by atoms with Crippen molar-refractivity contribution >= 4 is 54.2 Å². The van der Waals surface area contributed by atoms with Gasteiger partial charge in [-0.25, -0.2) is 13.4 Å². The molecule has 0 unspecified atom stereocenters. The van der Waals surface area contributed by atoms with E-state index in [2.05, 4.69) is 25.7 Å². The number of carbonyl (C=O) groups excluding carboxylic acids is 1.